The molecule has 0 radical (unpaired) electrons. The molecule has 1 unspecified atom stereocenters. The van der Waals surface area contributed by atoms with Gasteiger partial charge in [-0.1, -0.05) is 0 Å². The normalized spacial score (nSPS) is 18.1. The van der Waals surface area contributed by atoms with E-state index in [0.29, 0.717) is 12.3 Å². The third-order valence-electron chi connectivity index (χ3n) is 2.27. The quantitative estimate of drug-likeness (QED) is 0.587. The summed E-state index contributed by atoms with van der Waals surface area (Å²) in [7, 11) is 1.31. The molecule has 1 aliphatic heterocycles. The molecule has 0 saturated carbocycles. The van der Waals surface area contributed by atoms with Crippen LogP contribution in [0.15, 0.2) is 0 Å². The number of amides is 1. The van der Waals surface area contributed by atoms with Crippen LogP contribution in [0.3, 0.4) is 0 Å². The lowest BCUT2D eigenvalue weighted by Crippen LogP contribution is -2.46. The molecule has 2 N–H and O–H groups in total. The number of hydrogen-bond donors (Lipinski definition) is 2. The van der Waals surface area contributed by atoms with Crippen molar-refractivity contribution in [1.82, 2.24) is 10.6 Å². The van der Waals surface area contributed by atoms with E-state index in [9.17, 15) is 9.59 Å². The van der Waals surface area contributed by atoms with Crippen LogP contribution < -0.4 is 10.6 Å². The zero-order valence-corrected chi connectivity index (χ0v) is 8.50. The molecule has 14 heavy (non-hydrogen) atoms. The lowest BCUT2D eigenvalue weighted by atomic mass is 9.99. The maximum atomic E-state index is 11.3. The van der Waals surface area contributed by atoms with Crippen LogP contribution in [0.4, 0.5) is 0 Å². The minimum atomic E-state index is -0.555. The van der Waals surface area contributed by atoms with Crippen molar-refractivity contribution in [2.24, 2.45) is 5.92 Å². The summed E-state index contributed by atoms with van der Waals surface area (Å²) in [6.45, 7) is 3.39. The van der Waals surface area contributed by atoms with E-state index in [1.54, 1.807) is 6.92 Å². The Balaban J connectivity index is 2.21. The Labute approximate surface area is 83.2 Å². The molecule has 0 spiro atoms. The van der Waals surface area contributed by atoms with Crippen molar-refractivity contribution in [3.05, 3.63) is 0 Å². The molecule has 80 valence electrons. The van der Waals surface area contributed by atoms with Crippen molar-refractivity contribution in [3.8, 4) is 0 Å². The molecule has 0 aromatic heterocycles. The number of rotatable bonds is 4. The van der Waals surface area contributed by atoms with Gasteiger partial charge in [-0.3, -0.25) is 4.79 Å². The van der Waals surface area contributed by atoms with Gasteiger partial charge in [0, 0.05) is 6.42 Å². The fourth-order valence-electron chi connectivity index (χ4n) is 1.29. The molecule has 1 atom stereocenters. The fourth-order valence-corrected chi connectivity index (χ4v) is 1.29. The van der Waals surface area contributed by atoms with Crippen molar-refractivity contribution in [3.63, 3.8) is 0 Å². The van der Waals surface area contributed by atoms with E-state index >= 15 is 0 Å². The first-order valence-corrected chi connectivity index (χ1v) is 4.71. The molecule has 0 aromatic carbocycles. The van der Waals surface area contributed by atoms with Crippen molar-refractivity contribution >= 4 is 11.9 Å². The molecule has 1 amide bonds. The van der Waals surface area contributed by atoms with Crippen molar-refractivity contribution in [1.29, 1.82) is 0 Å². The molecule has 5 nitrogen and oxygen atoms in total. The number of nitrogens with one attached hydrogen (secondary N) is 2. The standard InChI is InChI=1S/C9H16N2O3/c1-6(9(13)14-2)11-8(12)3-7-4-10-5-7/h6-7,10H,3-5H2,1-2H3,(H,11,12). The maximum absolute atomic E-state index is 11.3. The minimum Gasteiger partial charge on any atom is -0.467 e. The highest BCUT2D eigenvalue weighted by Gasteiger charge is 2.22. The second kappa shape index (κ2) is 4.95. The number of ether oxygens (including phenoxy) is 1. The van der Waals surface area contributed by atoms with E-state index in [0.717, 1.165) is 13.1 Å². The van der Waals surface area contributed by atoms with Crippen LogP contribution in [0.1, 0.15) is 13.3 Å². The predicted molar refractivity (Wildman–Crippen MR) is 50.6 cm³/mol. The Morgan fingerprint density at radius 3 is 2.64 bits per heavy atom. The van der Waals surface area contributed by atoms with Crippen molar-refractivity contribution < 1.29 is 14.3 Å². The van der Waals surface area contributed by atoms with Crippen LogP contribution >= 0.6 is 0 Å². The summed E-state index contributed by atoms with van der Waals surface area (Å²) in [5.74, 6) is -0.0840. The van der Waals surface area contributed by atoms with Gasteiger partial charge < -0.3 is 15.4 Å². The highest BCUT2D eigenvalue weighted by atomic mass is 16.5. The van der Waals surface area contributed by atoms with Gasteiger partial charge in [0.25, 0.3) is 0 Å². The van der Waals surface area contributed by atoms with E-state index in [4.69, 9.17) is 0 Å². The van der Waals surface area contributed by atoms with Crippen LogP contribution in [0.5, 0.6) is 0 Å². The van der Waals surface area contributed by atoms with Gasteiger partial charge in [0.2, 0.25) is 5.91 Å². The molecule has 1 rings (SSSR count). The van der Waals surface area contributed by atoms with E-state index in [2.05, 4.69) is 15.4 Å². The number of hydrogen-bond acceptors (Lipinski definition) is 4. The molecular formula is C9H16N2O3. The highest BCUT2D eigenvalue weighted by molar-refractivity contribution is 5.84. The van der Waals surface area contributed by atoms with E-state index < -0.39 is 12.0 Å². The Morgan fingerprint density at radius 2 is 2.21 bits per heavy atom. The monoisotopic (exact) mass is 200 g/mol. The third-order valence-corrected chi connectivity index (χ3v) is 2.27. The third kappa shape index (κ3) is 2.99. The Hall–Kier alpha value is -1.10. The minimum absolute atomic E-state index is 0.0885. The zero-order chi connectivity index (χ0) is 10.6. The lowest BCUT2D eigenvalue weighted by molar-refractivity contribution is -0.144. The smallest absolute Gasteiger partial charge is 0.328 e. The van der Waals surface area contributed by atoms with Gasteiger partial charge in [-0.25, -0.2) is 4.79 Å². The predicted octanol–water partition coefficient (Wildman–Crippen LogP) is -0.726. The van der Waals surface area contributed by atoms with Crippen molar-refractivity contribution in [2.45, 2.75) is 19.4 Å². The summed E-state index contributed by atoms with van der Waals surface area (Å²) >= 11 is 0. The molecule has 1 fully saturated rings. The first-order chi connectivity index (χ1) is 6.63. The van der Waals surface area contributed by atoms with Crippen LogP contribution in [0, 0.1) is 5.92 Å². The zero-order valence-electron chi connectivity index (χ0n) is 8.50. The van der Waals surface area contributed by atoms with Gasteiger partial charge in [-0.2, -0.15) is 0 Å². The summed E-state index contributed by atoms with van der Waals surface area (Å²) < 4.78 is 4.49. The molecule has 5 heteroatoms. The molecule has 1 heterocycles. The van der Waals surface area contributed by atoms with Crippen LogP contribution in [-0.4, -0.2) is 38.1 Å². The maximum Gasteiger partial charge on any atom is 0.328 e. The fraction of sp³-hybridized carbons (Fsp3) is 0.778. The first kappa shape index (κ1) is 11.0. The average molecular weight is 200 g/mol. The molecule has 0 aliphatic carbocycles. The molecule has 0 bridgehead atoms. The SMILES string of the molecule is COC(=O)C(C)NC(=O)CC1CNC1. The van der Waals surface area contributed by atoms with Crippen LogP contribution in [0.2, 0.25) is 0 Å². The van der Waals surface area contributed by atoms with Gasteiger partial charge >= 0.3 is 5.97 Å². The van der Waals surface area contributed by atoms with E-state index in [1.165, 1.54) is 7.11 Å². The molecular weight excluding hydrogens is 184 g/mol. The second-order valence-electron chi connectivity index (χ2n) is 3.54. The Bertz CT molecular complexity index is 226. The molecule has 0 aromatic rings. The highest BCUT2D eigenvalue weighted by Crippen LogP contribution is 2.07. The second-order valence-corrected chi connectivity index (χ2v) is 3.54. The number of esters is 1. The lowest BCUT2D eigenvalue weighted by Gasteiger charge is -2.26. The summed E-state index contributed by atoms with van der Waals surface area (Å²) in [6.07, 6.45) is 0.480. The van der Waals surface area contributed by atoms with E-state index in [1.807, 2.05) is 0 Å². The van der Waals surface area contributed by atoms with Gasteiger partial charge in [0.1, 0.15) is 6.04 Å². The number of carbonyl (C=O) groups is 2. The van der Waals surface area contributed by atoms with Crippen LogP contribution in [0.25, 0.3) is 0 Å². The summed E-state index contributed by atoms with van der Waals surface area (Å²) in [5, 5.41) is 5.67. The number of methoxy groups -OCH3 is 1. The van der Waals surface area contributed by atoms with Gasteiger partial charge in [-0.15, -0.1) is 0 Å². The Morgan fingerprint density at radius 1 is 1.57 bits per heavy atom. The number of carbonyl (C=O) groups excluding carboxylic acids is 2. The van der Waals surface area contributed by atoms with Gasteiger partial charge in [-0.05, 0) is 25.9 Å². The Kier molecular flexibility index (Phi) is 3.88. The summed E-state index contributed by atoms with van der Waals surface area (Å²) in [5.41, 5.74) is 0. The largest absolute Gasteiger partial charge is 0.467 e. The van der Waals surface area contributed by atoms with Gasteiger partial charge in [0.15, 0.2) is 0 Å². The molecule has 1 aliphatic rings. The van der Waals surface area contributed by atoms with Gasteiger partial charge in [0.05, 0.1) is 7.11 Å². The first-order valence-electron chi connectivity index (χ1n) is 4.71. The molecule has 1 saturated heterocycles. The van der Waals surface area contributed by atoms with E-state index in [-0.39, 0.29) is 5.91 Å². The average Bonchev–Trinajstić information content (AvgIpc) is 2.10. The summed E-state index contributed by atoms with van der Waals surface area (Å²) in [6, 6.07) is -0.555. The van der Waals surface area contributed by atoms with Crippen molar-refractivity contribution in [2.75, 3.05) is 20.2 Å². The topological polar surface area (TPSA) is 67.4 Å². The van der Waals surface area contributed by atoms with Crippen LogP contribution in [-0.2, 0) is 14.3 Å². The summed E-state index contributed by atoms with van der Waals surface area (Å²) in [4.78, 5) is 22.3.